The van der Waals surface area contributed by atoms with Crippen LogP contribution in [0.5, 0.6) is 0 Å². The summed E-state index contributed by atoms with van der Waals surface area (Å²) in [7, 11) is 0. The van der Waals surface area contributed by atoms with Crippen LogP contribution in [0.4, 0.5) is 0 Å². The fraction of sp³-hybridized carbons (Fsp3) is 0.929. The lowest BCUT2D eigenvalue weighted by Crippen LogP contribution is -2.58. The van der Waals surface area contributed by atoms with E-state index in [0.29, 0.717) is 32.0 Å². The first-order chi connectivity index (χ1) is 8.57. The van der Waals surface area contributed by atoms with E-state index in [-0.39, 0.29) is 5.91 Å². The number of hydrogen-bond acceptors (Lipinski definition) is 3. The van der Waals surface area contributed by atoms with Crippen LogP contribution in [-0.4, -0.2) is 42.6 Å². The predicted molar refractivity (Wildman–Crippen MR) is 73.3 cm³/mol. The second-order valence-electron chi connectivity index (χ2n) is 5.29. The summed E-state index contributed by atoms with van der Waals surface area (Å²) in [6.07, 6.45) is 3.51. The molecule has 1 fully saturated rings. The van der Waals surface area contributed by atoms with Crippen LogP contribution in [0.15, 0.2) is 0 Å². The van der Waals surface area contributed by atoms with Gasteiger partial charge in [0.25, 0.3) is 0 Å². The second-order valence-corrected chi connectivity index (χ2v) is 5.29. The highest BCUT2D eigenvalue weighted by Gasteiger charge is 2.38. The molecule has 0 aromatic heterocycles. The van der Waals surface area contributed by atoms with E-state index in [1.54, 1.807) is 0 Å². The third-order valence-electron chi connectivity index (χ3n) is 4.11. The molecule has 4 nitrogen and oxygen atoms in total. The van der Waals surface area contributed by atoms with E-state index in [4.69, 9.17) is 10.5 Å². The van der Waals surface area contributed by atoms with Crippen molar-refractivity contribution in [2.45, 2.75) is 52.0 Å². The normalized spacial score (nSPS) is 18.9. The molecule has 1 amide bonds. The average molecular weight is 256 g/mol. The Bertz CT molecular complexity index is 259. The van der Waals surface area contributed by atoms with Crippen LogP contribution in [0.2, 0.25) is 0 Å². The molecule has 106 valence electrons. The molecule has 4 heteroatoms. The topological polar surface area (TPSA) is 55.6 Å². The molecule has 0 bridgehead atoms. The lowest BCUT2D eigenvalue weighted by atomic mass is 9.89. The number of amides is 1. The molecule has 0 spiro atoms. The minimum absolute atomic E-state index is 0.111. The third kappa shape index (κ3) is 3.69. The van der Waals surface area contributed by atoms with Crippen LogP contribution in [0, 0.1) is 5.92 Å². The Morgan fingerprint density at radius 1 is 1.28 bits per heavy atom. The summed E-state index contributed by atoms with van der Waals surface area (Å²) >= 11 is 0. The van der Waals surface area contributed by atoms with Gasteiger partial charge in [-0.1, -0.05) is 26.7 Å². The molecule has 1 rings (SSSR count). The molecule has 2 N–H and O–H groups in total. The Balaban J connectivity index is 2.65. The minimum atomic E-state index is -0.694. The first-order valence-corrected chi connectivity index (χ1v) is 7.23. The van der Waals surface area contributed by atoms with Gasteiger partial charge in [-0.15, -0.1) is 0 Å². The Morgan fingerprint density at radius 3 is 2.28 bits per heavy atom. The SMILES string of the molecule is CCC(CC)CN(CC)C(=O)C1(N)CCOCC1. The van der Waals surface area contributed by atoms with Crippen molar-refractivity contribution in [3.63, 3.8) is 0 Å². The van der Waals surface area contributed by atoms with Gasteiger partial charge in [-0.05, 0) is 25.7 Å². The predicted octanol–water partition coefficient (Wildman–Crippen LogP) is 1.78. The van der Waals surface area contributed by atoms with Gasteiger partial charge >= 0.3 is 0 Å². The maximum Gasteiger partial charge on any atom is 0.242 e. The van der Waals surface area contributed by atoms with Gasteiger partial charge in [-0.2, -0.15) is 0 Å². The number of rotatable bonds is 6. The Labute approximate surface area is 111 Å². The summed E-state index contributed by atoms with van der Waals surface area (Å²) in [4.78, 5) is 14.5. The maximum atomic E-state index is 12.6. The Hall–Kier alpha value is -0.610. The van der Waals surface area contributed by atoms with Gasteiger partial charge in [0.15, 0.2) is 0 Å². The second kappa shape index (κ2) is 7.10. The first kappa shape index (κ1) is 15.4. The monoisotopic (exact) mass is 256 g/mol. The van der Waals surface area contributed by atoms with Gasteiger partial charge in [-0.3, -0.25) is 4.79 Å². The maximum absolute atomic E-state index is 12.6. The molecule has 0 aromatic rings. The quantitative estimate of drug-likeness (QED) is 0.788. The molecular weight excluding hydrogens is 228 g/mol. The molecule has 1 aliphatic rings. The molecule has 18 heavy (non-hydrogen) atoms. The molecule has 1 saturated heterocycles. The summed E-state index contributed by atoms with van der Waals surface area (Å²) in [6, 6.07) is 0. The first-order valence-electron chi connectivity index (χ1n) is 7.23. The van der Waals surface area contributed by atoms with E-state index in [0.717, 1.165) is 25.9 Å². The molecule has 0 atom stereocenters. The number of likely N-dealkylation sites (N-methyl/N-ethyl adjacent to an activating group) is 1. The standard InChI is InChI=1S/C14H28N2O2/c1-4-12(5-2)11-16(6-3)13(17)14(15)7-9-18-10-8-14/h12H,4-11,15H2,1-3H3. The van der Waals surface area contributed by atoms with Crippen molar-refractivity contribution in [3.8, 4) is 0 Å². The molecule has 0 unspecified atom stereocenters. The highest BCUT2D eigenvalue weighted by Crippen LogP contribution is 2.22. The van der Waals surface area contributed by atoms with Crippen LogP contribution in [0.3, 0.4) is 0 Å². The highest BCUT2D eigenvalue weighted by atomic mass is 16.5. The van der Waals surface area contributed by atoms with Crippen molar-refractivity contribution in [2.75, 3.05) is 26.3 Å². The zero-order valence-corrected chi connectivity index (χ0v) is 12.1. The van der Waals surface area contributed by atoms with E-state index in [1.807, 2.05) is 11.8 Å². The molecule has 0 aliphatic carbocycles. The number of carbonyl (C=O) groups excluding carboxylic acids is 1. The molecule has 1 heterocycles. The van der Waals surface area contributed by atoms with Crippen molar-refractivity contribution in [1.29, 1.82) is 0 Å². The molecule has 0 saturated carbocycles. The van der Waals surface area contributed by atoms with E-state index >= 15 is 0 Å². The van der Waals surface area contributed by atoms with Crippen LogP contribution in [0.25, 0.3) is 0 Å². The zero-order valence-electron chi connectivity index (χ0n) is 12.1. The zero-order chi connectivity index (χ0) is 13.6. The molecule has 0 radical (unpaired) electrons. The number of nitrogens with zero attached hydrogens (tertiary/aromatic N) is 1. The van der Waals surface area contributed by atoms with Crippen molar-refractivity contribution in [2.24, 2.45) is 11.7 Å². The van der Waals surface area contributed by atoms with E-state index < -0.39 is 5.54 Å². The Kier molecular flexibility index (Phi) is 6.09. The lowest BCUT2D eigenvalue weighted by molar-refractivity contribution is -0.141. The van der Waals surface area contributed by atoms with Crippen molar-refractivity contribution in [3.05, 3.63) is 0 Å². The van der Waals surface area contributed by atoms with Gasteiger partial charge in [0.1, 0.15) is 0 Å². The van der Waals surface area contributed by atoms with Crippen LogP contribution in [-0.2, 0) is 9.53 Å². The third-order valence-corrected chi connectivity index (χ3v) is 4.11. The van der Waals surface area contributed by atoms with Crippen LogP contribution >= 0.6 is 0 Å². The van der Waals surface area contributed by atoms with Crippen LogP contribution in [0.1, 0.15) is 46.5 Å². The van der Waals surface area contributed by atoms with Crippen molar-refractivity contribution >= 4 is 5.91 Å². The van der Waals surface area contributed by atoms with E-state index in [2.05, 4.69) is 13.8 Å². The fourth-order valence-electron chi connectivity index (χ4n) is 2.48. The fourth-order valence-corrected chi connectivity index (χ4v) is 2.48. The van der Waals surface area contributed by atoms with Crippen molar-refractivity contribution < 1.29 is 9.53 Å². The summed E-state index contributed by atoms with van der Waals surface area (Å²) in [6.45, 7) is 9.17. The van der Waals surface area contributed by atoms with Crippen LogP contribution < -0.4 is 5.73 Å². The summed E-state index contributed by atoms with van der Waals surface area (Å²) in [5.74, 6) is 0.692. The minimum Gasteiger partial charge on any atom is -0.381 e. The highest BCUT2D eigenvalue weighted by molar-refractivity contribution is 5.86. The number of ether oxygens (including phenoxy) is 1. The van der Waals surface area contributed by atoms with Gasteiger partial charge < -0.3 is 15.4 Å². The number of hydrogen-bond donors (Lipinski definition) is 1. The van der Waals surface area contributed by atoms with Gasteiger partial charge in [-0.25, -0.2) is 0 Å². The lowest BCUT2D eigenvalue weighted by Gasteiger charge is -2.37. The summed E-state index contributed by atoms with van der Waals surface area (Å²) < 4.78 is 5.30. The molecular formula is C14H28N2O2. The summed E-state index contributed by atoms with van der Waals surface area (Å²) in [5, 5.41) is 0. The smallest absolute Gasteiger partial charge is 0.242 e. The van der Waals surface area contributed by atoms with E-state index in [1.165, 1.54) is 0 Å². The summed E-state index contributed by atoms with van der Waals surface area (Å²) in [5.41, 5.74) is 5.57. The Morgan fingerprint density at radius 2 is 1.83 bits per heavy atom. The van der Waals surface area contributed by atoms with Gasteiger partial charge in [0, 0.05) is 26.3 Å². The number of nitrogens with two attached hydrogens (primary N) is 1. The number of carbonyl (C=O) groups is 1. The van der Waals surface area contributed by atoms with Gasteiger partial charge in [0.2, 0.25) is 5.91 Å². The molecule has 0 aromatic carbocycles. The average Bonchev–Trinajstić information content (AvgIpc) is 2.40. The van der Waals surface area contributed by atoms with E-state index in [9.17, 15) is 4.79 Å². The molecule has 1 aliphatic heterocycles. The van der Waals surface area contributed by atoms with Gasteiger partial charge in [0.05, 0.1) is 5.54 Å². The largest absolute Gasteiger partial charge is 0.381 e. The van der Waals surface area contributed by atoms with Crippen molar-refractivity contribution in [1.82, 2.24) is 4.90 Å².